The zero-order chi connectivity index (χ0) is 13.9. The van der Waals surface area contributed by atoms with Gasteiger partial charge in [0.2, 0.25) is 5.91 Å². The molecule has 1 N–H and O–H groups in total. The van der Waals surface area contributed by atoms with Gasteiger partial charge in [0.25, 0.3) is 0 Å². The van der Waals surface area contributed by atoms with E-state index in [-0.39, 0.29) is 11.9 Å². The first-order valence-electron chi connectivity index (χ1n) is 6.92. The summed E-state index contributed by atoms with van der Waals surface area (Å²) in [6.07, 6.45) is 0.565. The Morgan fingerprint density at radius 1 is 1.05 bits per heavy atom. The Labute approximate surface area is 119 Å². The van der Waals surface area contributed by atoms with Gasteiger partial charge < -0.3 is 0 Å². The van der Waals surface area contributed by atoms with E-state index in [2.05, 4.69) is 42.7 Å². The lowest BCUT2D eigenvalue weighted by molar-refractivity contribution is -0.121. The fourth-order valence-electron chi connectivity index (χ4n) is 2.74. The first kappa shape index (κ1) is 12.9. The summed E-state index contributed by atoms with van der Waals surface area (Å²) in [5.41, 5.74) is 6.65. The van der Waals surface area contributed by atoms with Gasteiger partial charge in [0.15, 0.2) is 0 Å². The van der Waals surface area contributed by atoms with E-state index in [1.165, 1.54) is 16.7 Å². The van der Waals surface area contributed by atoms with E-state index in [0.717, 1.165) is 6.54 Å². The molecule has 0 spiro atoms. The first-order valence-corrected chi connectivity index (χ1v) is 6.92. The second kappa shape index (κ2) is 5.47. The Bertz CT molecular complexity index is 609. The molecule has 1 saturated heterocycles. The Kier molecular flexibility index (Phi) is 3.52. The molecule has 0 aliphatic carbocycles. The molecule has 1 aliphatic heterocycles. The van der Waals surface area contributed by atoms with E-state index >= 15 is 0 Å². The maximum Gasteiger partial charge on any atom is 0.235 e. The summed E-state index contributed by atoms with van der Waals surface area (Å²) in [6, 6.07) is 18.7. The highest BCUT2D eigenvalue weighted by atomic mass is 16.2. The van der Waals surface area contributed by atoms with Crippen LogP contribution in [-0.4, -0.2) is 17.5 Å². The highest BCUT2D eigenvalue weighted by Gasteiger charge is 2.29. The van der Waals surface area contributed by atoms with Crippen LogP contribution in [0.5, 0.6) is 0 Å². The van der Waals surface area contributed by atoms with Crippen LogP contribution in [0.3, 0.4) is 0 Å². The number of hydrogen-bond donors (Lipinski definition) is 1. The molecule has 3 nitrogen and oxygen atoms in total. The zero-order valence-electron chi connectivity index (χ0n) is 11.5. The van der Waals surface area contributed by atoms with Crippen molar-refractivity contribution in [3.05, 3.63) is 71.3 Å². The predicted molar refractivity (Wildman–Crippen MR) is 78.9 cm³/mol. The van der Waals surface area contributed by atoms with Crippen molar-refractivity contribution in [2.45, 2.75) is 19.4 Å². The molecular weight excluding hydrogens is 248 g/mol. The fraction of sp³-hybridized carbons (Fsp3) is 0.235. The largest absolute Gasteiger partial charge is 0.288 e. The molecule has 2 aromatic carbocycles. The molecule has 0 aromatic heterocycles. The average Bonchev–Trinajstić information content (AvgIpc) is 2.89. The number of hydrogen-bond acceptors (Lipinski definition) is 2. The third kappa shape index (κ3) is 2.45. The molecule has 0 saturated carbocycles. The minimum atomic E-state index is 0.0730. The topological polar surface area (TPSA) is 32.3 Å². The van der Waals surface area contributed by atoms with Gasteiger partial charge in [0.1, 0.15) is 0 Å². The lowest BCUT2D eigenvalue weighted by atomic mass is 9.94. The summed E-state index contributed by atoms with van der Waals surface area (Å²) < 4.78 is 0. The second-order valence-electron chi connectivity index (χ2n) is 5.15. The number of nitrogens with zero attached hydrogens (tertiary/aromatic N) is 1. The Balaban J connectivity index is 2.04. The number of carbonyl (C=O) groups is 1. The number of amides is 1. The van der Waals surface area contributed by atoms with Crippen LogP contribution >= 0.6 is 0 Å². The highest BCUT2D eigenvalue weighted by molar-refractivity contribution is 5.77. The van der Waals surface area contributed by atoms with Crippen LogP contribution in [0, 0.1) is 6.92 Å². The van der Waals surface area contributed by atoms with Crippen LogP contribution < -0.4 is 5.43 Å². The number of nitrogens with one attached hydrogen (secondary N) is 1. The Hall–Kier alpha value is -2.13. The smallest absolute Gasteiger partial charge is 0.235 e. The van der Waals surface area contributed by atoms with Crippen molar-refractivity contribution in [1.82, 2.24) is 10.4 Å². The molecule has 1 aliphatic rings. The van der Waals surface area contributed by atoms with Crippen LogP contribution in [0.25, 0.3) is 0 Å². The molecule has 3 rings (SSSR count). The van der Waals surface area contributed by atoms with Crippen LogP contribution in [-0.2, 0) is 4.79 Å². The van der Waals surface area contributed by atoms with Crippen LogP contribution in [0.4, 0.5) is 0 Å². The SMILES string of the molecule is Cc1ccccc1[C@@H](c1ccccc1)N1CCC(=O)N1. The third-order valence-corrected chi connectivity index (χ3v) is 3.76. The van der Waals surface area contributed by atoms with Gasteiger partial charge in [-0.3, -0.25) is 10.2 Å². The lowest BCUT2D eigenvalue weighted by Gasteiger charge is -2.29. The van der Waals surface area contributed by atoms with Crippen molar-refractivity contribution in [2.24, 2.45) is 0 Å². The van der Waals surface area contributed by atoms with E-state index in [1.54, 1.807) is 0 Å². The molecule has 1 atom stereocenters. The van der Waals surface area contributed by atoms with Crippen molar-refractivity contribution >= 4 is 5.91 Å². The Morgan fingerprint density at radius 2 is 1.75 bits per heavy atom. The maximum absolute atomic E-state index is 11.6. The van der Waals surface area contributed by atoms with Crippen LogP contribution in [0.2, 0.25) is 0 Å². The summed E-state index contributed by atoms with van der Waals surface area (Å²) in [5.74, 6) is 0.0968. The van der Waals surface area contributed by atoms with Crippen molar-refractivity contribution in [1.29, 1.82) is 0 Å². The number of rotatable bonds is 3. The van der Waals surface area contributed by atoms with Gasteiger partial charge in [-0.15, -0.1) is 0 Å². The Morgan fingerprint density at radius 3 is 2.40 bits per heavy atom. The molecule has 1 amide bonds. The summed E-state index contributed by atoms with van der Waals surface area (Å²) >= 11 is 0. The van der Waals surface area contributed by atoms with Gasteiger partial charge in [-0.05, 0) is 23.6 Å². The minimum absolute atomic E-state index is 0.0730. The first-order chi connectivity index (χ1) is 9.75. The van der Waals surface area contributed by atoms with Gasteiger partial charge in [-0.1, -0.05) is 54.6 Å². The molecule has 102 valence electrons. The van der Waals surface area contributed by atoms with E-state index in [0.29, 0.717) is 6.42 Å². The van der Waals surface area contributed by atoms with E-state index in [4.69, 9.17) is 0 Å². The van der Waals surface area contributed by atoms with E-state index in [9.17, 15) is 4.79 Å². The summed E-state index contributed by atoms with van der Waals surface area (Å²) in [6.45, 7) is 2.86. The maximum atomic E-state index is 11.6. The lowest BCUT2D eigenvalue weighted by Crippen LogP contribution is -2.37. The van der Waals surface area contributed by atoms with E-state index < -0.39 is 0 Å². The number of hydrazine groups is 1. The second-order valence-corrected chi connectivity index (χ2v) is 5.15. The number of carbonyl (C=O) groups excluding carboxylic acids is 1. The third-order valence-electron chi connectivity index (χ3n) is 3.76. The van der Waals surface area contributed by atoms with Gasteiger partial charge in [-0.2, -0.15) is 0 Å². The van der Waals surface area contributed by atoms with Gasteiger partial charge >= 0.3 is 0 Å². The monoisotopic (exact) mass is 266 g/mol. The normalized spacial score (nSPS) is 16.9. The number of aryl methyl sites for hydroxylation is 1. The summed E-state index contributed by atoms with van der Waals surface area (Å²) in [5, 5.41) is 2.04. The molecular formula is C17H18N2O. The van der Waals surface area contributed by atoms with E-state index in [1.807, 2.05) is 29.3 Å². The fourth-order valence-corrected chi connectivity index (χ4v) is 2.74. The van der Waals surface area contributed by atoms with Gasteiger partial charge in [0, 0.05) is 13.0 Å². The summed E-state index contributed by atoms with van der Waals surface area (Å²) in [7, 11) is 0. The van der Waals surface area contributed by atoms with Gasteiger partial charge in [0.05, 0.1) is 6.04 Å². The van der Waals surface area contributed by atoms with Gasteiger partial charge in [-0.25, -0.2) is 5.01 Å². The molecule has 1 heterocycles. The minimum Gasteiger partial charge on any atom is -0.288 e. The molecule has 1 fully saturated rings. The highest BCUT2D eigenvalue weighted by Crippen LogP contribution is 2.30. The van der Waals surface area contributed by atoms with Crippen molar-refractivity contribution in [2.75, 3.05) is 6.54 Å². The van der Waals surface area contributed by atoms with Crippen molar-refractivity contribution in [3.8, 4) is 0 Å². The molecule has 0 bridgehead atoms. The molecule has 0 unspecified atom stereocenters. The molecule has 0 radical (unpaired) electrons. The van der Waals surface area contributed by atoms with Crippen molar-refractivity contribution < 1.29 is 4.79 Å². The number of benzene rings is 2. The van der Waals surface area contributed by atoms with Crippen LogP contribution in [0.15, 0.2) is 54.6 Å². The van der Waals surface area contributed by atoms with Crippen LogP contribution in [0.1, 0.15) is 29.2 Å². The van der Waals surface area contributed by atoms with Crippen molar-refractivity contribution in [3.63, 3.8) is 0 Å². The molecule has 2 aromatic rings. The predicted octanol–water partition coefficient (Wildman–Crippen LogP) is 2.82. The summed E-state index contributed by atoms with van der Waals surface area (Å²) in [4.78, 5) is 11.6. The molecule has 3 heteroatoms. The quantitative estimate of drug-likeness (QED) is 0.926. The zero-order valence-corrected chi connectivity index (χ0v) is 11.5. The molecule has 20 heavy (non-hydrogen) atoms. The standard InChI is InChI=1S/C17H18N2O/c1-13-7-5-6-10-15(13)17(14-8-3-2-4-9-14)19-12-11-16(20)18-19/h2-10,17H,11-12H2,1H3,(H,18,20)/t17-/m1/s1. The average molecular weight is 266 g/mol.